The molecule has 0 radical (unpaired) electrons. The fourth-order valence-corrected chi connectivity index (χ4v) is 2.52. The normalized spacial score (nSPS) is 27.7. The van der Waals surface area contributed by atoms with E-state index in [4.69, 9.17) is 0 Å². The lowest BCUT2D eigenvalue weighted by molar-refractivity contribution is -0.144. The summed E-state index contributed by atoms with van der Waals surface area (Å²) in [6.45, 7) is 5.79. The lowest BCUT2D eigenvalue weighted by atomic mass is 9.96. The first-order valence-electron chi connectivity index (χ1n) is 6.85. The highest BCUT2D eigenvalue weighted by Crippen LogP contribution is 2.39. The van der Waals surface area contributed by atoms with Gasteiger partial charge in [0.15, 0.2) is 0 Å². The number of aliphatic carboxylic acids is 1. The predicted molar refractivity (Wildman–Crippen MR) is 71.0 cm³/mol. The second-order valence-electron chi connectivity index (χ2n) is 5.99. The second kappa shape index (κ2) is 5.00. The maximum Gasteiger partial charge on any atom is 0.329 e. The van der Waals surface area contributed by atoms with Gasteiger partial charge in [-0.15, -0.1) is 0 Å². The summed E-state index contributed by atoms with van der Waals surface area (Å²) in [7, 11) is 2.03. The minimum Gasteiger partial charge on any atom is -0.480 e. The Labute approximate surface area is 113 Å². The van der Waals surface area contributed by atoms with E-state index in [0.717, 1.165) is 19.4 Å². The molecule has 2 rings (SSSR count). The molecule has 1 aliphatic carbocycles. The average Bonchev–Trinajstić information content (AvgIpc) is 3.16. The SMILES string of the molecule is CC1CN(C(=O)NC(C)(C(=O)O)C2CC2)CCN1C. The van der Waals surface area contributed by atoms with Gasteiger partial charge in [-0.1, -0.05) is 0 Å². The number of carbonyl (C=O) groups excluding carboxylic acids is 1. The van der Waals surface area contributed by atoms with Crippen LogP contribution in [0.5, 0.6) is 0 Å². The number of carboxylic acid groups (broad SMARTS) is 1. The molecule has 2 amide bonds. The molecule has 1 heterocycles. The third kappa shape index (κ3) is 2.83. The quantitative estimate of drug-likeness (QED) is 0.786. The van der Waals surface area contributed by atoms with E-state index in [1.54, 1.807) is 11.8 Å². The molecule has 0 aromatic rings. The van der Waals surface area contributed by atoms with Crippen molar-refractivity contribution in [3.05, 3.63) is 0 Å². The first-order valence-corrected chi connectivity index (χ1v) is 6.85. The minimum absolute atomic E-state index is 0.0684. The number of rotatable bonds is 3. The summed E-state index contributed by atoms with van der Waals surface area (Å²) in [4.78, 5) is 27.5. The third-order valence-electron chi connectivity index (χ3n) is 4.45. The molecule has 0 aromatic carbocycles. The fourth-order valence-electron chi connectivity index (χ4n) is 2.52. The lowest BCUT2D eigenvalue weighted by Crippen LogP contribution is -2.61. The Morgan fingerprint density at radius 2 is 1.95 bits per heavy atom. The summed E-state index contributed by atoms with van der Waals surface area (Å²) in [5.41, 5.74) is -1.12. The van der Waals surface area contributed by atoms with Crippen LogP contribution in [0.25, 0.3) is 0 Å². The van der Waals surface area contributed by atoms with Crippen LogP contribution in [0.1, 0.15) is 26.7 Å². The Hall–Kier alpha value is -1.30. The molecule has 1 saturated heterocycles. The molecule has 2 N–H and O–H groups in total. The number of carboxylic acids is 1. The zero-order valence-electron chi connectivity index (χ0n) is 11.8. The summed E-state index contributed by atoms with van der Waals surface area (Å²) >= 11 is 0. The third-order valence-corrected chi connectivity index (χ3v) is 4.45. The molecule has 1 saturated carbocycles. The second-order valence-corrected chi connectivity index (χ2v) is 5.99. The topological polar surface area (TPSA) is 72.9 Å². The minimum atomic E-state index is -1.12. The van der Waals surface area contributed by atoms with Gasteiger partial charge >= 0.3 is 12.0 Å². The smallest absolute Gasteiger partial charge is 0.329 e. The summed E-state index contributed by atoms with van der Waals surface area (Å²) in [5.74, 6) is -0.871. The molecule has 0 bridgehead atoms. The van der Waals surface area contributed by atoms with E-state index in [1.807, 2.05) is 7.05 Å². The highest BCUT2D eigenvalue weighted by Gasteiger charge is 2.49. The van der Waals surface area contributed by atoms with Gasteiger partial charge in [0.1, 0.15) is 5.54 Å². The van der Waals surface area contributed by atoms with Crippen molar-refractivity contribution >= 4 is 12.0 Å². The molecular formula is C13H23N3O3. The molecule has 0 spiro atoms. The van der Waals surface area contributed by atoms with Crippen LogP contribution in [-0.2, 0) is 4.79 Å². The molecule has 0 aromatic heterocycles. The van der Waals surface area contributed by atoms with Crippen molar-refractivity contribution in [2.45, 2.75) is 38.3 Å². The number of hydrogen-bond acceptors (Lipinski definition) is 3. The number of piperazine rings is 1. The molecule has 2 atom stereocenters. The van der Waals surface area contributed by atoms with Gasteiger partial charge in [-0.05, 0) is 39.7 Å². The van der Waals surface area contributed by atoms with Crippen molar-refractivity contribution in [3.63, 3.8) is 0 Å². The van der Waals surface area contributed by atoms with E-state index in [0.29, 0.717) is 19.1 Å². The Morgan fingerprint density at radius 1 is 1.32 bits per heavy atom. The highest BCUT2D eigenvalue weighted by atomic mass is 16.4. The van der Waals surface area contributed by atoms with E-state index in [2.05, 4.69) is 17.1 Å². The van der Waals surface area contributed by atoms with Gasteiger partial charge < -0.3 is 20.2 Å². The van der Waals surface area contributed by atoms with Gasteiger partial charge in [0.05, 0.1) is 0 Å². The van der Waals surface area contributed by atoms with Gasteiger partial charge in [0, 0.05) is 25.7 Å². The maximum absolute atomic E-state index is 12.2. The number of likely N-dealkylation sites (N-methyl/N-ethyl adjacent to an activating group) is 1. The fraction of sp³-hybridized carbons (Fsp3) is 0.846. The van der Waals surface area contributed by atoms with E-state index in [-0.39, 0.29) is 11.9 Å². The van der Waals surface area contributed by atoms with Crippen LogP contribution in [0.2, 0.25) is 0 Å². The first-order chi connectivity index (χ1) is 8.84. The zero-order chi connectivity index (χ0) is 14.2. The van der Waals surface area contributed by atoms with Crippen molar-refractivity contribution in [2.24, 2.45) is 5.92 Å². The molecule has 108 valence electrons. The van der Waals surface area contributed by atoms with Crippen molar-refractivity contribution in [3.8, 4) is 0 Å². The van der Waals surface area contributed by atoms with Crippen LogP contribution in [-0.4, -0.2) is 65.2 Å². The zero-order valence-corrected chi connectivity index (χ0v) is 11.8. The molecule has 2 aliphatic rings. The molecule has 6 heteroatoms. The van der Waals surface area contributed by atoms with Crippen molar-refractivity contribution in [1.29, 1.82) is 0 Å². The largest absolute Gasteiger partial charge is 0.480 e. The molecule has 6 nitrogen and oxygen atoms in total. The standard InChI is InChI=1S/C13H23N3O3/c1-9-8-16(7-6-15(9)3)12(19)14-13(2,11(17)18)10-4-5-10/h9-10H,4-8H2,1-3H3,(H,14,19)(H,17,18). The van der Waals surface area contributed by atoms with Crippen molar-refractivity contribution in [2.75, 3.05) is 26.7 Å². The van der Waals surface area contributed by atoms with Gasteiger partial charge in [0.25, 0.3) is 0 Å². The summed E-state index contributed by atoms with van der Waals surface area (Å²) < 4.78 is 0. The molecule has 19 heavy (non-hydrogen) atoms. The van der Waals surface area contributed by atoms with Gasteiger partial charge in [0.2, 0.25) is 0 Å². The Bertz CT molecular complexity index is 383. The monoisotopic (exact) mass is 269 g/mol. The van der Waals surface area contributed by atoms with Crippen LogP contribution in [0.4, 0.5) is 4.79 Å². The summed E-state index contributed by atoms with van der Waals surface area (Å²) in [6, 6.07) is 0.0493. The predicted octanol–water partition coefficient (Wildman–Crippen LogP) is 0.585. The van der Waals surface area contributed by atoms with Crippen LogP contribution in [0.15, 0.2) is 0 Å². The first kappa shape index (κ1) is 14.1. The average molecular weight is 269 g/mol. The number of nitrogens with one attached hydrogen (secondary N) is 1. The van der Waals surface area contributed by atoms with E-state index < -0.39 is 11.5 Å². The summed E-state index contributed by atoms with van der Waals surface area (Å²) in [5, 5.41) is 12.1. The molecular weight excluding hydrogens is 246 g/mol. The van der Waals surface area contributed by atoms with Crippen molar-refractivity contribution < 1.29 is 14.7 Å². The van der Waals surface area contributed by atoms with Crippen molar-refractivity contribution in [1.82, 2.24) is 15.1 Å². The van der Waals surface area contributed by atoms with Gasteiger partial charge in [-0.25, -0.2) is 9.59 Å². The number of hydrogen-bond donors (Lipinski definition) is 2. The van der Waals surface area contributed by atoms with Crippen LogP contribution < -0.4 is 5.32 Å². The van der Waals surface area contributed by atoms with Crippen LogP contribution >= 0.6 is 0 Å². The molecule has 2 unspecified atom stereocenters. The highest BCUT2D eigenvalue weighted by molar-refractivity contribution is 5.86. The van der Waals surface area contributed by atoms with E-state index >= 15 is 0 Å². The maximum atomic E-state index is 12.2. The molecule has 2 fully saturated rings. The van der Waals surface area contributed by atoms with Crippen LogP contribution in [0, 0.1) is 5.92 Å². The number of carbonyl (C=O) groups is 2. The van der Waals surface area contributed by atoms with Gasteiger partial charge in [-0.3, -0.25) is 0 Å². The van der Waals surface area contributed by atoms with E-state index in [1.165, 1.54) is 0 Å². The lowest BCUT2D eigenvalue weighted by Gasteiger charge is -2.39. The Morgan fingerprint density at radius 3 is 2.42 bits per heavy atom. The number of nitrogens with zero attached hydrogens (tertiary/aromatic N) is 2. The molecule has 1 aliphatic heterocycles. The van der Waals surface area contributed by atoms with E-state index in [9.17, 15) is 14.7 Å². The Balaban J connectivity index is 1.98. The number of amides is 2. The summed E-state index contributed by atoms with van der Waals surface area (Å²) in [6.07, 6.45) is 1.75. The number of urea groups is 1. The van der Waals surface area contributed by atoms with Crippen LogP contribution in [0.3, 0.4) is 0 Å². The van der Waals surface area contributed by atoms with Gasteiger partial charge in [-0.2, -0.15) is 0 Å². The Kier molecular flexibility index (Phi) is 3.71.